The van der Waals surface area contributed by atoms with Crippen LogP contribution in [0.3, 0.4) is 0 Å². The number of aromatic hydroxyl groups is 1. The Kier molecular flexibility index (Phi) is 2.42. The van der Waals surface area contributed by atoms with Crippen molar-refractivity contribution in [1.29, 1.82) is 0 Å². The molecule has 4 heteroatoms. The number of hydrogen-bond acceptors (Lipinski definition) is 4. The number of isocyanates is 1. The molecular formula is C14H15NO3. The van der Waals surface area contributed by atoms with Crippen molar-refractivity contribution >= 4 is 6.08 Å². The number of aryl methyl sites for hydroxylation is 1. The molecule has 0 spiro atoms. The van der Waals surface area contributed by atoms with Gasteiger partial charge in [-0.25, -0.2) is 4.79 Å². The monoisotopic (exact) mass is 245 g/mol. The lowest BCUT2D eigenvalue weighted by Gasteiger charge is -2.38. The Morgan fingerprint density at radius 3 is 2.89 bits per heavy atom. The van der Waals surface area contributed by atoms with Gasteiger partial charge in [0, 0.05) is 17.5 Å². The number of aliphatic imine (C=N–C) groups is 1. The van der Waals surface area contributed by atoms with Crippen LogP contribution in [0.25, 0.3) is 0 Å². The smallest absolute Gasteiger partial charge is 0.235 e. The third-order valence-electron chi connectivity index (χ3n) is 4.07. The fraction of sp³-hybridized carbons (Fsp3) is 0.500. The van der Waals surface area contributed by atoms with E-state index >= 15 is 0 Å². The van der Waals surface area contributed by atoms with Gasteiger partial charge in [-0.3, -0.25) is 0 Å². The summed E-state index contributed by atoms with van der Waals surface area (Å²) in [5.74, 6) is 1.09. The first-order valence-electron chi connectivity index (χ1n) is 6.26. The van der Waals surface area contributed by atoms with E-state index in [-0.39, 0.29) is 5.75 Å². The third kappa shape index (κ3) is 1.39. The predicted molar refractivity (Wildman–Crippen MR) is 65.7 cm³/mol. The Labute approximate surface area is 105 Å². The van der Waals surface area contributed by atoms with Crippen LogP contribution in [0.5, 0.6) is 11.5 Å². The summed E-state index contributed by atoms with van der Waals surface area (Å²) in [5.41, 5.74) is 2.02. The van der Waals surface area contributed by atoms with E-state index in [4.69, 9.17) is 4.74 Å². The van der Waals surface area contributed by atoms with Gasteiger partial charge in [0.1, 0.15) is 17.0 Å². The van der Waals surface area contributed by atoms with E-state index in [0.29, 0.717) is 6.61 Å². The topological polar surface area (TPSA) is 58.9 Å². The second-order valence-corrected chi connectivity index (χ2v) is 5.08. The summed E-state index contributed by atoms with van der Waals surface area (Å²) in [6.45, 7) is 2.48. The van der Waals surface area contributed by atoms with Crippen molar-refractivity contribution in [3.63, 3.8) is 0 Å². The minimum Gasteiger partial charge on any atom is -0.507 e. The van der Waals surface area contributed by atoms with Crippen molar-refractivity contribution in [2.45, 2.75) is 38.1 Å². The van der Waals surface area contributed by atoms with E-state index in [2.05, 4.69) is 4.99 Å². The lowest BCUT2D eigenvalue weighted by molar-refractivity contribution is 0.246. The van der Waals surface area contributed by atoms with Gasteiger partial charge in [-0.05, 0) is 37.8 Å². The van der Waals surface area contributed by atoms with Gasteiger partial charge in [0.2, 0.25) is 6.08 Å². The normalized spacial score (nSPS) is 19.4. The second kappa shape index (κ2) is 3.85. The largest absolute Gasteiger partial charge is 0.507 e. The highest BCUT2D eigenvalue weighted by Gasteiger charge is 2.44. The van der Waals surface area contributed by atoms with Gasteiger partial charge < -0.3 is 9.84 Å². The Morgan fingerprint density at radius 2 is 2.28 bits per heavy atom. The molecule has 0 aromatic heterocycles. The van der Waals surface area contributed by atoms with E-state index in [1.165, 1.54) is 0 Å². The minimum absolute atomic E-state index is 0.262. The van der Waals surface area contributed by atoms with Gasteiger partial charge in [-0.1, -0.05) is 0 Å². The highest BCUT2D eigenvalue weighted by molar-refractivity contribution is 5.58. The number of hydrogen-bond donors (Lipinski definition) is 1. The SMILES string of the molecule is Cc1cc2c(c(C3(N=C=O)CCC3)c1O)CCO2. The quantitative estimate of drug-likeness (QED) is 0.642. The molecule has 1 aromatic carbocycles. The maximum atomic E-state index is 10.7. The van der Waals surface area contributed by atoms with E-state index in [0.717, 1.165) is 48.1 Å². The number of carbonyl (C=O) groups excluding carboxylic acids is 1. The molecule has 1 aliphatic heterocycles. The molecule has 1 aromatic rings. The first-order valence-corrected chi connectivity index (χ1v) is 6.26. The Balaban J connectivity index is 2.25. The highest BCUT2D eigenvalue weighted by atomic mass is 16.5. The molecule has 4 nitrogen and oxygen atoms in total. The molecule has 18 heavy (non-hydrogen) atoms. The molecule has 3 rings (SSSR count). The first-order chi connectivity index (χ1) is 8.68. The maximum Gasteiger partial charge on any atom is 0.235 e. The van der Waals surface area contributed by atoms with E-state index in [1.54, 1.807) is 6.08 Å². The highest BCUT2D eigenvalue weighted by Crippen LogP contribution is 2.52. The Bertz CT molecular complexity index is 555. The standard InChI is InChI=1S/C14H15NO3/c1-9-7-11-10(3-6-18-11)12(13(9)17)14(15-8-16)4-2-5-14/h7,17H,2-6H2,1H3. The van der Waals surface area contributed by atoms with E-state index < -0.39 is 5.54 Å². The number of ether oxygens (including phenoxy) is 1. The number of phenolic OH excluding ortho intramolecular Hbond substituents is 1. The third-order valence-corrected chi connectivity index (χ3v) is 4.07. The molecule has 2 aliphatic rings. The number of benzene rings is 1. The maximum absolute atomic E-state index is 10.7. The number of nitrogens with zero attached hydrogens (tertiary/aromatic N) is 1. The van der Waals surface area contributed by atoms with Gasteiger partial charge in [0.05, 0.1) is 6.61 Å². The lowest BCUT2D eigenvalue weighted by Crippen LogP contribution is -2.33. The van der Waals surface area contributed by atoms with Crippen LogP contribution in [0.4, 0.5) is 0 Å². The van der Waals surface area contributed by atoms with Crippen LogP contribution in [-0.4, -0.2) is 17.8 Å². The lowest BCUT2D eigenvalue weighted by atomic mass is 9.70. The molecule has 0 radical (unpaired) electrons. The molecule has 0 atom stereocenters. The molecule has 1 aliphatic carbocycles. The van der Waals surface area contributed by atoms with Crippen molar-refractivity contribution in [2.24, 2.45) is 4.99 Å². The Morgan fingerprint density at radius 1 is 1.50 bits per heavy atom. The van der Waals surface area contributed by atoms with Crippen molar-refractivity contribution < 1.29 is 14.6 Å². The molecule has 0 saturated heterocycles. The Hall–Kier alpha value is -1.80. The molecule has 94 valence electrons. The van der Waals surface area contributed by atoms with E-state index in [1.807, 2.05) is 13.0 Å². The molecule has 1 heterocycles. The fourth-order valence-electron chi connectivity index (χ4n) is 2.97. The van der Waals surface area contributed by atoms with Crippen LogP contribution in [0.2, 0.25) is 0 Å². The van der Waals surface area contributed by atoms with Gasteiger partial charge >= 0.3 is 0 Å². The summed E-state index contributed by atoms with van der Waals surface area (Å²) < 4.78 is 5.57. The summed E-state index contributed by atoms with van der Waals surface area (Å²) in [7, 11) is 0. The van der Waals surface area contributed by atoms with Gasteiger partial charge in [0.15, 0.2) is 0 Å². The zero-order valence-corrected chi connectivity index (χ0v) is 10.3. The van der Waals surface area contributed by atoms with Crippen LogP contribution >= 0.6 is 0 Å². The average molecular weight is 245 g/mol. The summed E-state index contributed by atoms with van der Waals surface area (Å²) in [6, 6.07) is 1.86. The van der Waals surface area contributed by atoms with Crippen molar-refractivity contribution in [2.75, 3.05) is 6.61 Å². The van der Waals surface area contributed by atoms with Crippen molar-refractivity contribution in [3.8, 4) is 11.5 Å². The average Bonchev–Trinajstić information content (AvgIpc) is 2.74. The molecule has 0 unspecified atom stereocenters. The number of phenols is 1. The summed E-state index contributed by atoms with van der Waals surface area (Å²) in [5, 5.41) is 10.3. The molecule has 1 saturated carbocycles. The first kappa shape index (κ1) is 11.3. The zero-order chi connectivity index (χ0) is 12.8. The molecule has 1 fully saturated rings. The summed E-state index contributed by atoms with van der Waals surface area (Å²) in [4.78, 5) is 14.7. The molecule has 0 amide bonds. The molecule has 1 N–H and O–H groups in total. The van der Waals surface area contributed by atoms with Gasteiger partial charge in [-0.15, -0.1) is 0 Å². The second-order valence-electron chi connectivity index (χ2n) is 5.08. The molecular weight excluding hydrogens is 230 g/mol. The zero-order valence-electron chi connectivity index (χ0n) is 10.3. The van der Waals surface area contributed by atoms with Gasteiger partial charge in [0.25, 0.3) is 0 Å². The number of rotatable bonds is 2. The van der Waals surface area contributed by atoms with Gasteiger partial charge in [-0.2, -0.15) is 4.99 Å². The molecule has 0 bridgehead atoms. The van der Waals surface area contributed by atoms with Crippen LogP contribution in [0.15, 0.2) is 11.1 Å². The fourth-order valence-corrected chi connectivity index (χ4v) is 2.97. The summed E-state index contributed by atoms with van der Waals surface area (Å²) >= 11 is 0. The van der Waals surface area contributed by atoms with Crippen LogP contribution in [0, 0.1) is 6.92 Å². The predicted octanol–water partition coefficient (Wildman–Crippen LogP) is 2.35. The van der Waals surface area contributed by atoms with Crippen LogP contribution < -0.4 is 4.74 Å². The van der Waals surface area contributed by atoms with E-state index in [9.17, 15) is 9.90 Å². The van der Waals surface area contributed by atoms with Crippen molar-refractivity contribution in [3.05, 3.63) is 22.8 Å². The van der Waals surface area contributed by atoms with Crippen molar-refractivity contribution in [1.82, 2.24) is 0 Å². The summed E-state index contributed by atoms with van der Waals surface area (Å²) in [6.07, 6.45) is 5.06. The number of fused-ring (bicyclic) bond motifs is 1. The van der Waals surface area contributed by atoms with Crippen LogP contribution in [0.1, 0.15) is 36.0 Å². The van der Waals surface area contributed by atoms with Crippen LogP contribution in [-0.2, 0) is 16.8 Å². The minimum atomic E-state index is -0.560.